The van der Waals surface area contributed by atoms with Gasteiger partial charge in [0.2, 0.25) is 0 Å². The zero-order chi connectivity index (χ0) is 5.98. The molecule has 3 nitrogen and oxygen atoms in total. The van der Waals surface area contributed by atoms with Gasteiger partial charge in [0.25, 0.3) is 0 Å². The molecule has 60 valence electrons. The standard InChI is InChI=1S/C5H9N3.2ClH/c1-2-8-3-5(6)7-4-8;;/h3-4H,2,6H2,1H3;2*1H. The SMILES string of the molecule is CCn1cnc(N)c1.Cl.Cl. The largest absolute Gasteiger partial charge is 0.382 e. The first-order chi connectivity index (χ1) is 3.83. The molecule has 0 aliphatic heterocycles. The highest BCUT2D eigenvalue weighted by atomic mass is 35.5. The minimum atomic E-state index is 0. The number of halogens is 2. The number of rotatable bonds is 1. The predicted octanol–water partition coefficient (Wildman–Crippen LogP) is 1.33. The molecule has 0 aromatic carbocycles. The van der Waals surface area contributed by atoms with E-state index in [-0.39, 0.29) is 24.8 Å². The molecule has 0 aliphatic rings. The second-order valence-corrected chi connectivity index (χ2v) is 1.63. The fourth-order valence-corrected chi connectivity index (χ4v) is 0.550. The first-order valence-electron chi connectivity index (χ1n) is 2.60. The molecule has 10 heavy (non-hydrogen) atoms. The van der Waals surface area contributed by atoms with Crippen molar-refractivity contribution in [1.29, 1.82) is 0 Å². The number of hydrogen-bond acceptors (Lipinski definition) is 2. The van der Waals surface area contributed by atoms with E-state index in [0.29, 0.717) is 5.82 Å². The Labute approximate surface area is 72.4 Å². The molecule has 0 spiro atoms. The van der Waals surface area contributed by atoms with E-state index >= 15 is 0 Å². The molecule has 0 fully saturated rings. The summed E-state index contributed by atoms with van der Waals surface area (Å²) in [6, 6.07) is 0. The normalized spacial score (nSPS) is 7.70. The van der Waals surface area contributed by atoms with E-state index in [1.807, 2.05) is 11.5 Å². The molecule has 2 N–H and O–H groups in total. The highest BCUT2D eigenvalue weighted by Gasteiger charge is 1.86. The summed E-state index contributed by atoms with van der Waals surface area (Å²) in [6.45, 7) is 2.98. The first-order valence-corrected chi connectivity index (χ1v) is 2.60. The minimum absolute atomic E-state index is 0. The minimum Gasteiger partial charge on any atom is -0.382 e. The van der Waals surface area contributed by atoms with Gasteiger partial charge in [0, 0.05) is 12.7 Å². The van der Waals surface area contributed by atoms with Crippen LogP contribution in [0, 0.1) is 0 Å². The first kappa shape index (κ1) is 12.3. The Morgan fingerprint density at radius 2 is 2.20 bits per heavy atom. The van der Waals surface area contributed by atoms with Crippen LogP contribution in [0.3, 0.4) is 0 Å². The van der Waals surface area contributed by atoms with Crippen LogP contribution in [0.5, 0.6) is 0 Å². The Balaban J connectivity index is 0. The summed E-state index contributed by atoms with van der Waals surface area (Å²) in [5, 5.41) is 0. The summed E-state index contributed by atoms with van der Waals surface area (Å²) < 4.78 is 1.93. The van der Waals surface area contributed by atoms with Crippen molar-refractivity contribution in [1.82, 2.24) is 9.55 Å². The van der Waals surface area contributed by atoms with Crippen LogP contribution in [0.1, 0.15) is 6.92 Å². The molecule has 5 heteroatoms. The molecule has 1 aromatic rings. The van der Waals surface area contributed by atoms with E-state index in [1.54, 1.807) is 12.5 Å². The lowest BCUT2D eigenvalue weighted by Crippen LogP contribution is -1.87. The van der Waals surface area contributed by atoms with Gasteiger partial charge in [-0.2, -0.15) is 0 Å². The topological polar surface area (TPSA) is 43.8 Å². The van der Waals surface area contributed by atoms with Gasteiger partial charge in [0.15, 0.2) is 0 Å². The molecular weight excluding hydrogens is 173 g/mol. The maximum Gasteiger partial charge on any atom is 0.141 e. The van der Waals surface area contributed by atoms with Crippen LogP contribution in [-0.4, -0.2) is 9.55 Å². The molecule has 0 atom stereocenters. The van der Waals surface area contributed by atoms with Crippen molar-refractivity contribution in [3.05, 3.63) is 12.5 Å². The number of nitrogens with zero attached hydrogens (tertiary/aromatic N) is 2. The van der Waals surface area contributed by atoms with Crippen LogP contribution in [0.15, 0.2) is 12.5 Å². The second kappa shape index (κ2) is 5.38. The van der Waals surface area contributed by atoms with Gasteiger partial charge in [-0.3, -0.25) is 0 Å². The van der Waals surface area contributed by atoms with Crippen LogP contribution in [0.4, 0.5) is 5.82 Å². The van der Waals surface area contributed by atoms with Gasteiger partial charge in [-0.05, 0) is 6.92 Å². The fraction of sp³-hybridized carbons (Fsp3) is 0.400. The van der Waals surface area contributed by atoms with Gasteiger partial charge >= 0.3 is 0 Å². The third-order valence-electron chi connectivity index (χ3n) is 1.02. The zero-order valence-corrected chi connectivity index (χ0v) is 7.28. The molecule has 0 saturated carbocycles. The molecule has 0 unspecified atom stereocenters. The second-order valence-electron chi connectivity index (χ2n) is 1.63. The van der Waals surface area contributed by atoms with E-state index in [4.69, 9.17) is 5.73 Å². The Morgan fingerprint density at radius 1 is 1.60 bits per heavy atom. The van der Waals surface area contributed by atoms with Gasteiger partial charge in [-0.1, -0.05) is 0 Å². The smallest absolute Gasteiger partial charge is 0.141 e. The average Bonchev–Trinajstić information content (AvgIpc) is 2.14. The van der Waals surface area contributed by atoms with Crippen molar-refractivity contribution < 1.29 is 0 Å². The number of anilines is 1. The molecule has 0 bridgehead atoms. The number of aromatic nitrogens is 2. The number of aryl methyl sites for hydroxylation is 1. The van der Waals surface area contributed by atoms with E-state index in [0.717, 1.165) is 6.54 Å². The fourth-order valence-electron chi connectivity index (χ4n) is 0.550. The number of hydrogen-bond donors (Lipinski definition) is 1. The summed E-state index contributed by atoms with van der Waals surface area (Å²) in [5.74, 6) is 0.590. The van der Waals surface area contributed by atoms with Gasteiger partial charge < -0.3 is 10.3 Å². The molecule has 1 aromatic heterocycles. The Morgan fingerprint density at radius 3 is 2.40 bits per heavy atom. The number of nitrogens with two attached hydrogens (primary N) is 1. The maximum absolute atomic E-state index is 5.32. The van der Waals surface area contributed by atoms with E-state index in [9.17, 15) is 0 Å². The predicted molar refractivity (Wildman–Crippen MR) is 46.8 cm³/mol. The lowest BCUT2D eigenvalue weighted by Gasteiger charge is -1.88. The lowest BCUT2D eigenvalue weighted by molar-refractivity contribution is 0.762. The summed E-state index contributed by atoms with van der Waals surface area (Å²) in [7, 11) is 0. The van der Waals surface area contributed by atoms with Crippen LogP contribution < -0.4 is 5.73 Å². The van der Waals surface area contributed by atoms with Crippen LogP contribution in [0.2, 0.25) is 0 Å². The molecule has 1 heterocycles. The quantitative estimate of drug-likeness (QED) is 0.715. The van der Waals surface area contributed by atoms with E-state index < -0.39 is 0 Å². The van der Waals surface area contributed by atoms with Gasteiger partial charge in [-0.25, -0.2) is 4.98 Å². The highest BCUT2D eigenvalue weighted by Crippen LogP contribution is 1.94. The molecule has 1 rings (SSSR count). The van der Waals surface area contributed by atoms with Crippen molar-refractivity contribution in [3.8, 4) is 0 Å². The molecule has 0 saturated heterocycles. The summed E-state index contributed by atoms with van der Waals surface area (Å²) in [4.78, 5) is 3.83. The third-order valence-corrected chi connectivity index (χ3v) is 1.02. The van der Waals surface area contributed by atoms with Crippen molar-refractivity contribution in [2.75, 3.05) is 5.73 Å². The Hall–Kier alpha value is -0.410. The summed E-state index contributed by atoms with van der Waals surface area (Å²) in [6.07, 6.45) is 3.52. The van der Waals surface area contributed by atoms with Gasteiger partial charge in [0.1, 0.15) is 5.82 Å². The molecular formula is C5H11Cl2N3. The molecule has 0 amide bonds. The highest BCUT2D eigenvalue weighted by molar-refractivity contribution is 5.85. The van der Waals surface area contributed by atoms with E-state index in [1.165, 1.54) is 0 Å². The average molecular weight is 184 g/mol. The van der Waals surface area contributed by atoms with E-state index in [2.05, 4.69) is 4.98 Å². The summed E-state index contributed by atoms with van der Waals surface area (Å²) in [5.41, 5.74) is 5.32. The lowest BCUT2D eigenvalue weighted by atomic mass is 10.7. The zero-order valence-electron chi connectivity index (χ0n) is 5.65. The monoisotopic (exact) mass is 183 g/mol. The number of nitrogen functional groups attached to an aromatic ring is 1. The van der Waals surface area contributed by atoms with Crippen molar-refractivity contribution in [2.45, 2.75) is 13.5 Å². The Bertz CT molecular complexity index is 175. The molecule has 0 radical (unpaired) electrons. The molecule has 0 aliphatic carbocycles. The van der Waals surface area contributed by atoms with Crippen LogP contribution >= 0.6 is 24.8 Å². The van der Waals surface area contributed by atoms with Crippen molar-refractivity contribution in [3.63, 3.8) is 0 Å². The van der Waals surface area contributed by atoms with Crippen LogP contribution in [-0.2, 0) is 6.54 Å². The Kier molecular flexibility index (Phi) is 6.61. The van der Waals surface area contributed by atoms with Crippen molar-refractivity contribution >= 4 is 30.6 Å². The van der Waals surface area contributed by atoms with Crippen molar-refractivity contribution in [2.24, 2.45) is 0 Å². The summed E-state index contributed by atoms with van der Waals surface area (Å²) >= 11 is 0. The maximum atomic E-state index is 5.32. The van der Waals surface area contributed by atoms with Gasteiger partial charge in [0.05, 0.1) is 6.33 Å². The van der Waals surface area contributed by atoms with Crippen LogP contribution in [0.25, 0.3) is 0 Å². The number of imidazole rings is 1. The third kappa shape index (κ3) is 2.94. The van der Waals surface area contributed by atoms with Gasteiger partial charge in [-0.15, -0.1) is 24.8 Å².